The van der Waals surface area contributed by atoms with Gasteiger partial charge in [-0.05, 0) is 38.5 Å². The molecule has 4 nitrogen and oxygen atoms in total. The third-order valence-electron chi connectivity index (χ3n) is 3.22. The number of amides is 1. The lowest BCUT2D eigenvalue weighted by Gasteiger charge is -2.26. The molecule has 1 rings (SSSR count). The van der Waals surface area contributed by atoms with Crippen molar-refractivity contribution >= 4 is 23.2 Å². The molecule has 0 fully saturated rings. The average molecular weight is 312 g/mol. The lowest BCUT2D eigenvalue weighted by atomic mass is 10.1. The maximum absolute atomic E-state index is 11.4. The van der Waals surface area contributed by atoms with Gasteiger partial charge in [0.2, 0.25) is 5.91 Å². The summed E-state index contributed by atoms with van der Waals surface area (Å²) >= 11 is 6.11. The van der Waals surface area contributed by atoms with Crippen molar-refractivity contribution in [1.82, 2.24) is 10.6 Å². The molecule has 118 valence electrons. The minimum absolute atomic E-state index is 0.0400. The Bertz CT molecular complexity index is 483. The predicted octanol–water partition coefficient (Wildman–Crippen LogP) is 2.80. The Balaban J connectivity index is 2.83. The van der Waals surface area contributed by atoms with Crippen LogP contribution in [0.5, 0.6) is 0 Å². The van der Waals surface area contributed by atoms with E-state index in [2.05, 4.69) is 36.3 Å². The maximum atomic E-state index is 11.4. The van der Waals surface area contributed by atoms with E-state index in [1.807, 2.05) is 25.2 Å². The van der Waals surface area contributed by atoms with Gasteiger partial charge >= 0.3 is 0 Å². The summed E-state index contributed by atoms with van der Waals surface area (Å²) in [5.74, 6) is 0.0400. The van der Waals surface area contributed by atoms with Gasteiger partial charge < -0.3 is 15.5 Å². The zero-order valence-electron chi connectivity index (χ0n) is 13.6. The third kappa shape index (κ3) is 6.36. The molecule has 1 amide bonds. The molecule has 0 aliphatic rings. The molecule has 0 bridgehead atoms. The molecule has 5 heteroatoms. The molecular weight excluding hydrogens is 286 g/mol. The molecule has 0 saturated heterocycles. The van der Waals surface area contributed by atoms with E-state index in [1.54, 1.807) is 7.05 Å². The Morgan fingerprint density at radius 2 is 2.00 bits per heavy atom. The van der Waals surface area contributed by atoms with Crippen molar-refractivity contribution in [2.45, 2.75) is 39.3 Å². The number of nitrogens with one attached hydrogen (secondary N) is 2. The fourth-order valence-electron chi connectivity index (χ4n) is 1.92. The highest BCUT2D eigenvalue weighted by Crippen LogP contribution is 2.24. The lowest BCUT2D eigenvalue weighted by Crippen LogP contribution is -2.35. The van der Waals surface area contributed by atoms with Gasteiger partial charge in [0.15, 0.2) is 0 Å². The fraction of sp³-hybridized carbons (Fsp3) is 0.562. The molecule has 0 unspecified atom stereocenters. The molecule has 0 aliphatic heterocycles. The summed E-state index contributed by atoms with van der Waals surface area (Å²) in [7, 11) is 3.63. The van der Waals surface area contributed by atoms with Crippen molar-refractivity contribution in [1.29, 1.82) is 0 Å². The zero-order chi connectivity index (χ0) is 16.0. The van der Waals surface area contributed by atoms with E-state index in [-0.39, 0.29) is 11.4 Å². The van der Waals surface area contributed by atoms with Gasteiger partial charge in [-0.3, -0.25) is 4.79 Å². The Morgan fingerprint density at radius 3 is 2.57 bits per heavy atom. The van der Waals surface area contributed by atoms with E-state index < -0.39 is 0 Å². The van der Waals surface area contributed by atoms with E-state index >= 15 is 0 Å². The number of hydrogen-bond donors (Lipinski definition) is 2. The SMILES string of the molecule is CNC(=O)CCN(C)c1cc(Cl)ccc1CNC(C)(C)C. The van der Waals surface area contributed by atoms with Crippen LogP contribution in [0.2, 0.25) is 5.02 Å². The van der Waals surface area contributed by atoms with Gasteiger partial charge in [-0.2, -0.15) is 0 Å². The molecule has 0 spiro atoms. The number of carbonyl (C=O) groups is 1. The minimum atomic E-state index is 0.0400. The van der Waals surface area contributed by atoms with Gasteiger partial charge in [0, 0.05) is 49.9 Å². The van der Waals surface area contributed by atoms with Crippen LogP contribution in [-0.4, -0.2) is 32.1 Å². The summed E-state index contributed by atoms with van der Waals surface area (Å²) in [6.07, 6.45) is 0.464. The number of hydrogen-bond acceptors (Lipinski definition) is 3. The fourth-order valence-corrected chi connectivity index (χ4v) is 2.08. The summed E-state index contributed by atoms with van der Waals surface area (Å²) in [5, 5.41) is 6.82. The summed E-state index contributed by atoms with van der Waals surface area (Å²) < 4.78 is 0. The number of anilines is 1. The number of benzene rings is 1. The summed E-state index contributed by atoms with van der Waals surface area (Å²) in [5.41, 5.74) is 2.29. The van der Waals surface area contributed by atoms with Gasteiger partial charge in [0.05, 0.1) is 0 Å². The first-order valence-corrected chi connectivity index (χ1v) is 7.56. The first-order chi connectivity index (χ1) is 9.73. The van der Waals surface area contributed by atoms with E-state index in [1.165, 1.54) is 5.56 Å². The van der Waals surface area contributed by atoms with Crippen LogP contribution in [0.15, 0.2) is 18.2 Å². The molecule has 0 aliphatic carbocycles. The molecular formula is C16H26ClN3O. The molecule has 0 heterocycles. The first-order valence-electron chi connectivity index (χ1n) is 7.18. The highest BCUT2D eigenvalue weighted by atomic mass is 35.5. The van der Waals surface area contributed by atoms with E-state index in [4.69, 9.17) is 11.6 Å². The highest BCUT2D eigenvalue weighted by molar-refractivity contribution is 6.30. The lowest BCUT2D eigenvalue weighted by molar-refractivity contribution is -0.120. The number of halogens is 1. The van der Waals surface area contributed by atoms with Crippen LogP contribution in [0.1, 0.15) is 32.8 Å². The molecule has 1 aromatic rings. The van der Waals surface area contributed by atoms with Crippen molar-refractivity contribution < 1.29 is 4.79 Å². The van der Waals surface area contributed by atoms with Crippen LogP contribution in [-0.2, 0) is 11.3 Å². The van der Waals surface area contributed by atoms with Gasteiger partial charge in [0.1, 0.15) is 0 Å². The van der Waals surface area contributed by atoms with Gasteiger partial charge in [-0.15, -0.1) is 0 Å². The first kappa shape index (κ1) is 17.8. The summed E-state index contributed by atoms with van der Waals surface area (Å²) in [6.45, 7) is 7.83. The van der Waals surface area contributed by atoms with E-state index in [9.17, 15) is 4.79 Å². The van der Waals surface area contributed by atoms with Crippen molar-refractivity contribution in [3.05, 3.63) is 28.8 Å². The van der Waals surface area contributed by atoms with Crippen molar-refractivity contribution in [3.63, 3.8) is 0 Å². The smallest absolute Gasteiger partial charge is 0.221 e. The largest absolute Gasteiger partial charge is 0.374 e. The zero-order valence-corrected chi connectivity index (χ0v) is 14.3. The second kappa shape index (κ2) is 7.66. The molecule has 0 saturated carbocycles. The van der Waals surface area contributed by atoms with E-state index in [0.29, 0.717) is 18.0 Å². The van der Waals surface area contributed by atoms with E-state index in [0.717, 1.165) is 12.2 Å². The number of nitrogens with zero attached hydrogens (tertiary/aromatic N) is 1. The van der Waals surface area contributed by atoms with Crippen molar-refractivity contribution in [3.8, 4) is 0 Å². The highest BCUT2D eigenvalue weighted by Gasteiger charge is 2.13. The second-order valence-corrected chi connectivity index (χ2v) is 6.66. The Labute approximate surface area is 132 Å². The molecule has 1 aromatic carbocycles. The Hall–Kier alpha value is -1.26. The third-order valence-corrected chi connectivity index (χ3v) is 3.46. The van der Waals surface area contributed by atoms with Crippen LogP contribution in [0.3, 0.4) is 0 Å². The maximum Gasteiger partial charge on any atom is 0.221 e. The minimum Gasteiger partial charge on any atom is -0.374 e. The van der Waals surface area contributed by atoms with Crippen molar-refractivity contribution in [2.24, 2.45) is 0 Å². The predicted molar refractivity (Wildman–Crippen MR) is 90.0 cm³/mol. The number of carbonyl (C=O) groups excluding carboxylic acids is 1. The average Bonchev–Trinajstić information content (AvgIpc) is 2.41. The van der Waals surface area contributed by atoms with Crippen LogP contribution >= 0.6 is 11.6 Å². The normalized spacial score (nSPS) is 11.3. The standard InChI is InChI=1S/C16H26ClN3O/c1-16(2,3)19-11-12-6-7-13(17)10-14(12)20(5)9-8-15(21)18-4/h6-7,10,19H,8-9,11H2,1-5H3,(H,18,21). The molecule has 0 radical (unpaired) electrons. The molecule has 21 heavy (non-hydrogen) atoms. The summed E-state index contributed by atoms with van der Waals surface area (Å²) in [6, 6.07) is 5.88. The van der Waals surface area contributed by atoms with Crippen LogP contribution in [0.25, 0.3) is 0 Å². The monoisotopic (exact) mass is 311 g/mol. The molecule has 0 atom stereocenters. The van der Waals surface area contributed by atoms with Gasteiger partial charge in [0.25, 0.3) is 0 Å². The summed E-state index contributed by atoms with van der Waals surface area (Å²) in [4.78, 5) is 13.5. The van der Waals surface area contributed by atoms with Crippen LogP contribution in [0.4, 0.5) is 5.69 Å². The van der Waals surface area contributed by atoms with Gasteiger partial charge in [-0.1, -0.05) is 17.7 Å². The Morgan fingerprint density at radius 1 is 1.33 bits per heavy atom. The van der Waals surface area contributed by atoms with Crippen LogP contribution < -0.4 is 15.5 Å². The number of rotatable bonds is 6. The Kier molecular flexibility index (Phi) is 6.49. The van der Waals surface area contributed by atoms with Crippen molar-refractivity contribution in [2.75, 3.05) is 25.5 Å². The van der Waals surface area contributed by atoms with Crippen LogP contribution in [0, 0.1) is 0 Å². The topological polar surface area (TPSA) is 44.4 Å². The quantitative estimate of drug-likeness (QED) is 0.849. The molecule has 2 N–H and O–H groups in total. The molecule has 0 aromatic heterocycles. The van der Waals surface area contributed by atoms with Gasteiger partial charge in [-0.25, -0.2) is 0 Å². The second-order valence-electron chi connectivity index (χ2n) is 6.22.